The van der Waals surface area contributed by atoms with Gasteiger partial charge in [-0.3, -0.25) is 0 Å². The topological polar surface area (TPSA) is 42.2 Å². The predicted octanol–water partition coefficient (Wildman–Crippen LogP) is 2.07. The molecule has 0 spiro atoms. The smallest absolute Gasteiger partial charge is 0.120 e. The molecule has 1 aliphatic rings. The van der Waals surface area contributed by atoms with Crippen LogP contribution in [0.3, 0.4) is 0 Å². The van der Waals surface area contributed by atoms with E-state index in [1.54, 1.807) is 12.1 Å². The summed E-state index contributed by atoms with van der Waals surface area (Å²) in [7, 11) is 0. The largest absolute Gasteiger partial charge is 0.493 e. The molecule has 2 rings (SSSR count). The Kier molecular flexibility index (Phi) is 4.09. The van der Waals surface area contributed by atoms with Gasteiger partial charge in [-0.15, -0.1) is 0 Å². The highest BCUT2D eigenvalue weighted by Gasteiger charge is 2.17. The predicted molar refractivity (Wildman–Crippen MR) is 63.7 cm³/mol. The normalized spacial score (nSPS) is 15.2. The van der Waals surface area contributed by atoms with E-state index in [1.807, 2.05) is 23.9 Å². The summed E-state index contributed by atoms with van der Waals surface area (Å²) in [6.07, 6.45) is 0. The zero-order valence-corrected chi connectivity index (χ0v) is 9.70. The molecule has 84 valence electrons. The lowest BCUT2D eigenvalue weighted by molar-refractivity contribution is 0.0454. The molecule has 0 amide bonds. The van der Waals surface area contributed by atoms with Gasteiger partial charge in [-0.05, 0) is 18.2 Å². The van der Waals surface area contributed by atoms with Crippen LogP contribution in [0.4, 0.5) is 0 Å². The molecule has 0 atom stereocenters. The van der Waals surface area contributed by atoms with Crippen molar-refractivity contribution in [2.24, 2.45) is 0 Å². The minimum Gasteiger partial charge on any atom is -0.493 e. The van der Waals surface area contributed by atoms with Gasteiger partial charge in [0.1, 0.15) is 5.75 Å². The molecule has 0 aromatic heterocycles. The number of hydrogen-bond donors (Lipinski definition) is 0. The number of hydrogen-bond acceptors (Lipinski definition) is 4. The summed E-state index contributed by atoms with van der Waals surface area (Å²) in [5.41, 5.74) is 0.637. The first-order chi connectivity index (χ1) is 7.88. The second kappa shape index (κ2) is 5.78. The van der Waals surface area contributed by atoms with Crippen LogP contribution in [0.15, 0.2) is 24.3 Å². The van der Waals surface area contributed by atoms with E-state index >= 15 is 0 Å². The van der Waals surface area contributed by atoms with Crippen LogP contribution in [-0.4, -0.2) is 30.8 Å². The van der Waals surface area contributed by atoms with Gasteiger partial charge >= 0.3 is 0 Å². The van der Waals surface area contributed by atoms with E-state index in [9.17, 15) is 0 Å². The Morgan fingerprint density at radius 2 is 2.38 bits per heavy atom. The van der Waals surface area contributed by atoms with E-state index in [-0.39, 0.29) is 0 Å². The van der Waals surface area contributed by atoms with Crippen molar-refractivity contribution in [3.8, 4) is 11.8 Å². The molecule has 0 unspecified atom stereocenters. The van der Waals surface area contributed by atoms with Gasteiger partial charge in [0.05, 0.1) is 36.7 Å². The Balaban J connectivity index is 1.70. The Labute approximate surface area is 99.4 Å². The monoisotopic (exact) mass is 235 g/mol. The van der Waals surface area contributed by atoms with Gasteiger partial charge in [-0.1, -0.05) is 6.07 Å². The van der Waals surface area contributed by atoms with E-state index in [0.29, 0.717) is 17.4 Å². The Morgan fingerprint density at radius 3 is 3.06 bits per heavy atom. The first-order valence-electron chi connectivity index (χ1n) is 5.21. The summed E-state index contributed by atoms with van der Waals surface area (Å²) in [5.74, 6) is 1.73. The van der Waals surface area contributed by atoms with Gasteiger partial charge in [-0.25, -0.2) is 0 Å². The highest BCUT2D eigenvalue weighted by molar-refractivity contribution is 8.00. The minimum absolute atomic E-state index is 0.637. The molecule has 0 N–H and O–H groups in total. The SMILES string of the molecule is N#Cc1cccc(OCCSC2COC2)c1. The molecule has 0 bridgehead atoms. The standard InChI is InChI=1S/C12H13NO2S/c13-7-10-2-1-3-11(6-10)15-4-5-16-12-8-14-9-12/h1-3,6,12H,4-5,8-9H2. The number of nitriles is 1. The maximum atomic E-state index is 8.72. The molecule has 1 aromatic carbocycles. The van der Waals surface area contributed by atoms with Crippen LogP contribution >= 0.6 is 11.8 Å². The van der Waals surface area contributed by atoms with Gasteiger partial charge in [0.15, 0.2) is 0 Å². The van der Waals surface area contributed by atoms with Gasteiger partial charge in [0, 0.05) is 5.75 Å². The van der Waals surface area contributed by atoms with Crippen molar-refractivity contribution in [2.45, 2.75) is 5.25 Å². The molecule has 4 heteroatoms. The van der Waals surface area contributed by atoms with Crippen LogP contribution in [0, 0.1) is 11.3 Å². The quantitative estimate of drug-likeness (QED) is 0.733. The van der Waals surface area contributed by atoms with Gasteiger partial charge in [0.2, 0.25) is 0 Å². The maximum absolute atomic E-state index is 8.72. The zero-order valence-electron chi connectivity index (χ0n) is 8.89. The van der Waals surface area contributed by atoms with Crippen molar-refractivity contribution >= 4 is 11.8 Å². The number of benzene rings is 1. The second-order valence-electron chi connectivity index (χ2n) is 3.52. The van der Waals surface area contributed by atoms with E-state index in [0.717, 1.165) is 24.7 Å². The molecule has 1 saturated heterocycles. The molecule has 1 fully saturated rings. The summed E-state index contributed by atoms with van der Waals surface area (Å²) in [5, 5.41) is 9.37. The zero-order chi connectivity index (χ0) is 11.2. The second-order valence-corrected chi connectivity index (χ2v) is 4.93. The lowest BCUT2D eigenvalue weighted by atomic mass is 10.2. The van der Waals surface area contributed by atoms with Crippen molar-refractivity contribution in [3.05, 3.63) is 29.8 Å². The number of thioether (sulfide) groups is 1. The maximum Gasteiger partial charge on any atom is 0.120 e. The van der Waals surface area contributed by atoms with Crippen LogP contribution in [0.2, 0.25) is 0 Å². The summed E-state index contributed by atoms with van der Waals surface area (Å²) >= 11 is 1.88. The summed E-state index contributed by atoms with van der Waals surface area (Å²) < 4.78 is 10.6. The summed E-state index contributed by atoms with van der Waals surface area (Å²) in [6, 6.07) is 9.33. The third-order valence-electron chi connectivity index (χ3n) is 2.28. The van der Waals surface area contributed by atoms with E-state index in [2.05, 4.69) is 6.07 Å². The van der Waals surface area contributed by atoms with Gasteiger partial charge in [0.25, 0.3) is 0 Å². The van der Waals surface area contributed by atoms with Crippen LogP contribution in [-0.2, 0) is 4.74 Å². The summed E-state index contributed by atoms with van der Waals surface area (Å²) in [4.78, 5) is 0. The van der Waals surface area contributed by atoms with E-state index in [1.165, 1.54) is 0 Å². The molecular formula is C12H13NO2S. The van der Waals surface area contributed by atoms with Crippen molar-refractivity contribution in [1.82, 2.24) is 0 Å². The van der Waals surface area contributed by atoms with E-state index in [4.69, 9.17) is 14.7 Å². The molecule has 3 nitrogen and oxygen atoms in total. The highest BCUT2D eigenvalue weighted by atomic mass is 32.2. The van der Waals surface area contributed by atoms with Crippen LogP contribution in [0.5, 0.6) is 5.75 Å². The molecule has 0 radical (unpaired) electrons. The molecule has 1 aliphatic heterocycles. The molecule has 1 heterocycles. The molecule has 0 saturated carbocycles. The van der Waals surface area contributed by atoms with Crippen molar-refractivity contribution in [2.75, 3.05) is 25.6 Å². The average molecular weight is 235 g/mol. The minimum atomic E-state index is 0.637. The van der Waals surface area contributed by atoms with Crippen LogP contribution in [0.25, 0.3) is 0 Å². The van der Waals surface area contributed by atoms with Crippen molar-refractivity contribution in [3.63, 3.8) is 0 Å². The van der Waals surface area contributed by atoms with Crippen molar-refractivity contribution < 1.29 is 9.47 Å². The first-order valence-corrected chi connectivity index (χ1v) is 6.25. The Bertz CT molecular complexity index is 385. The highest BCUT2D eigenvalue weighted by Crippen LogP contribution is 2.19. The fourth-order valence-electron chi connectivity index (χ4n) is 1.34. The van der Waals surface area contributed by atoms with Crippen LogP contribution in [0.1, 0.15) is 5.56 Å². The molecule has 1 aromatic rings. The van der Waals surface area contributed by atoms with Crippen LogP contribution < -0.4 is 4.74 Å². The number of ether oxygens (including phenoxy) is 2. The molecule has 0 aliphatic carbocycles. The van der Waals surface area contributed by atoms with E-state index < -0.39 is 0 Å². The summed E-state index contributed by atoms with van der Waals surface area (Å²) in [6.45, 7) is 2.42. The number of nitrogens with zero attached hydrogens (tertiary/aromatic N) is 1. The molecule has 16 heavy (non-hydrogen) atoms. The lowest BCUT2D eigenvalue weighted by Gasteiger charge is -2.25. The van der Waals surface area contributed by atoms with Crippen molar-refractivity contribution in [1.29, 1.82) is 5.26 Å². The lowest BCUT2D eigenvalue weighted by Crippen LogP contribution is -2.31. The van der Waals surface area contributed by atoms with Gasteiger partial charge in [-0.2, -0.15) is 17.0 Å². The molecular weight excluding hydrogens is 222 g/mol. The third kappa shape index (κ3) is 3.16. The van der Waals surface area contributed by atoms with Gasteiger partial charge < -0.3 is 9.47 Å². The Morgan fingerprint density at radius 1 is 1.50 bits per heavy atom. The third-order valence-corrected chi connectivity index (χ3v) is 3.42. The average Bonchev–Trinajstić information content (AvgIpc) is 2.27. The fraction of sp³-hybridized carbons (Fsp3) is 0.417. The fourth-order valence-corrected chi connectivity index (χ4v) is 2.24. The first kappa shape index (κ1) is 11.3. The number of rotatable bonds is 5. The Hall–Kier alpha value is -1.18.